The zero-order valence-electron chi connectivity index (χ0n) is 14.4. The van der Waals surface area contributed by atoms with E-state index in [0.29, 0.717) is 5.56 Å². The molecule has 0 fully saturated rings. The van der Waals surface area contributed by atoms with Gasteiger partial charge in [0.05, 0.1) is 13.0 Å². The first kappa shape index (κ1) is 18.5. The highest BCUT2D eigenvalue weighted by Crippen LogP contribution is 2.28. The van der Waals surface area contributed by atoms with Crippen LogP contribution in [0.4, 0.5) is 0 Å². The summed E-state index contributed by atoms with van der Waals surface area (Å²) in [6, 6.07) is 16.5. The third-order valence-corrected chi connectivity index (χ3v) is 4.16. The van der Waals surface area contributed by atoms with Gasteiger partial charge in [0, 0.05) is 13.0 Å². The maximum Gasteiger partial charge on any atom is 0.312 e. The number of ether oxygens (including phenoxy) is 1. The van der Waals surface area contributed by atoms with E-state index in [1.165, 1.54) is 0 Å². The Hall–Kier alpha value is -2.82. The minimum absolute atomic E-state index is 0.0313. The standard InChI is InChI=1S/C20H23NO4/c1-14(16-10-6-7-11-18(16)25-2)12-19(22)21-13-17(20(23)24)15-8-4-3-5-9-15/h3-11,14,17H,12-13H2,1-2H3,(H,21,22)(H,23,24). The largest absolute Gasteiger partial charge is 0.496 e. The molecule has 0 heterocycles. The Kier molecular flexibility index (Phi) is 6.57. The molecule has 0 spiro atoms. The maximum atomic E-state index is 12.2. The Morgan fingerprint density at radius 1 is 1.08 bits per heavy atom. The van der Waals surface area contributed by atoms with Gasteiger partial charge in [0.2, 0.25) is 5.91 Å². The lowest BCUT2D eigenvalue weighted by Crippen LogP contribution is -2.32. The minimum atomic E-state index is -0.954. The number of carboxylic acids is 1. The molecular weight excluding hydrogens is 318 g/mol. The lowest BCUT2D eigenvalue weighted by molar-refractivity contribution is -0.138. The lowest BCUT2D eigenvalue weighted by Gasteiger charge is -2.17. The van der Waals surface area contributed by atoms with Crippen LogP contribution in [0.5, 0.6) is 5.75 Å². The molecule has 0 saturated heterocycles. The van der Waals surface area contributed by atoms with Crippen LogP contribution < -0.4 is 10.1 Å². The van der Waals surface area contributed by atoms with Crippen LogP contribution in [0.1, 0.15) is 36.3 Å². The van der Waals surface area contributed by atoms with Gasteiger partial charge in [-0.3, -0.25) is 9.59 Å². The van der Waals surface area contributed by atoms with Crippen molar-refractivity contribution >= 4 is 11.9 Å². The van der Waals surface area contributed by atoms with E-state index in [9.17, 15) is 14.7 Å². The zero-order chi connectivity index (χ0) is 18.2. The number of benzene rings is 2. The molecule has 132 valence electrons. The molecule has 0 radical (unpaired) electrons. The predicted octanol–water partition coefficient (Wildman–Crippen LogP) is 3.17. The molecule has 25 heavy (non-hydrogen) atoms. The van der Waals surface area contributed by atoms with E-state index >= 15 is 0 Å². The highest BCUT2D eigenvalue weighted by Gasteiger charge is 2.21. The number of carboxylic acid groups (broad SMARTS) is 1. The van der Waals surface area contributed by atoms with Gasteiger partial charge < -0.3 is 15.2 Å². The van der Waals surface area contributed by atoms with Crippen LogP contribution in [0.25, 0.3) is 0 Å². The van der Waals surface area contributed by atoms with Crippen molar-refractivity contribution in [1.82, 2.24) is 5.32 Å². The van der Waals surface area contributed by atoms with Crippen LogP contribution in [0.3, 0.4) is 0 Å². The van der Waals surface area contributed by atoms with E-state index < -0.39 is 11.9 Å². The van der Waals surface area contributed by atoms with E-state index in [0.717, 1.165) is 11.3 Å². The molecule has 2 aromatic carbocycles. The van der Waals surface area contributed by atoms with Gasteiger partial charge in [-0.05, 0) is 23.1 Å². The molecule has 2 aromatic rings. The summed E-state index contributed by atoms with van der Waals surface area (Å²) >= 11 is 0. The fourth-order valence-electron chi connectivity index (χ4n) is 2.78. The normalized spacial score (nSPS) is 12.9. The van der Waals surface area contributed by atoms with E-state index in [1.54, 1.807) is 31.4 Å². The Balaban J connectivity index is 1.96. The van der Waals surface area contributed by atoms with Crippen molar-refractivity contribution in [2.24, 2.45) is 0 Å². The van der Waals surface area contributed by atoms with Crippen LogP contribution in [-0.4, -0.2) is 30.6 Å². The smallest absolute Gasteiger partial charge is 0.312 e. The summed E-state index contributed by atoms with van der Waals surface area (Å²) in [4.78, 5) is 23.7. The zero-order valence-corrected chi connectivity index (χ0v) is 14.4. The monoisotopic (exact) mass is 341 g/mol. The molecular formula is C20H23NO4. The summed E-state index contributed by atoms with van der Waals surface area (Å²) < 4.78 is 5.33. The van der Waals surface area contributed by atoms with Crippen LogP contribution in [0.2, 0.25) is 0 Å². The highest BCUT2D eigenvalue weighted by molar-refractivity contribution is 5.80. The minimum Gasteiger partial charge on any atom is -0.496 e. The van der Waals surface area contributed by atoms with E-state index in [1.807, 2.05) is 37.3 Å². The van der Waals surface area contributed by atoms with Crippen molar-refractivity contribution in [2.75, 3.05) is 13.7 Å². The molecule has 1 amide bonds. The maximum absolute atomic E-state index is 12.2. The van der Waals surface area contributed by atoms with Gasteiger partial charge in [0.1, 0.15) is 5.75 Å². The number of amides is 1. The van der Waals surface area contributed by atoms with Gasteiger partial charge in [0.25, 0.3) is 0 Å². The van der Waals surface area contributed by atoms with Crippen LogP contribution in [0.15, 0.2) is 54.6 Å². The molecule has 5 nitrogen and oxygen atoms in total. The first-order valence-corrected chi connectivity index (χ1v) is 8.20. The van der Waals surface area contributed by atoms with Crippen molar-refractivity contribution in [2.45, 2.75) is 25.2 Å². The number of nitrogens with one attached hydrogen (secondary N) is 1. The summed E-state index contributed by atoms with van der Waals surface area (Å²) in [5.74, 6) is -1.18. The first-order chi connectivity index (χ1) is 12.0. The first-order valence-electron chi connectivity index (χ1n) is 8.20. The molecule has 2 unspecified atom stereocenters. The molecule has 5 heteroatoms. The van der Waals surface area contributed by atoms with E-state index in [-0.39, 0.29) is 24.8 Å². The number of carbonyl (C=O) groups excluding carboxylic acids is 1. The Morgan fingerprint density at radius 2 is 1.72 bits per heavy atom. The number of hydrogen-bond acceptors (Lipinski definition) is 3. The van der Waals surface area contributed by atoms with E-state index in [4.69, 9.17) is 4.74 Å². The number of hydrogen-bond donors (Lipinski definition) is 2. The molecule has 2 atom stereocenters. The van der Waals surface area contributed by atoms with Crippen LogP contribution >= 0.6 is 0 Å². The molecule has 0 aromatic heterocycles. The second kappa shape index (κ2) is 8.87. The van der Waals surface area contributed by atoms with Gasteiger partial charge in [-0.25, -0.2) is 0 Å². The molecule has 0 aliphatic rings. The topological polar surface area (TPSA) is 75.6 Å². The highest BCUT2D eigenvalue weighted by atomic mass is 16.5. The van der Waals surface area contributed by atoms with Gasteiger partial charge in [-0.2, -0.15) is 0 Å². The van der Waals surface area contributed by atoms with Crippen molar-refractivity contribution in [3.05, 3.63) is 65.7 Å². The number of methoxy groups -OCH3 is 1. The second-order valence-electron chi connectivity index (χ2n) is 5.95. The van der Waals surface area contributed by atoms with Crippen molar-refractivity contribution in [3.63, 3.8) is 0 Å². The molecule has 2 N–H and O–H groups in total. The molecule has 0 aliphatic heterocycles. The van der Waals surface area contributed by atoms with Crippen molar-refractivity contribution in [3.8, 4) is 5.75 Å². The number of carbonyl (C=O) groups is 2. The average Bonchev–Trinajstić information content (AvgIpc) is 2.62. The number of para-hydroxylation sites is 1. The van der Waals surface area contributed by atoms with Gasteiger partial charge in [0.15, 0.2) is 0 Å². The fourth-order valence-corrected chi connectivity index (χ4v) is 2.78. The molecule has 0 aliphatic carbocycles. The number of rotatable bonds is 8. The van der Waals surface area contributed by atoms with Gasteiger partial charge in [-0.15, -0.1) is 0 Å². The average molecular weight is 341 g/mol. The Labute approximate surface area is 147 Å². The Bertz CT molecular complexity index is 715. The van der Waals surface area contributed by atoms with Crippen LogP contribution in [-0.2, 0) is 9.59 Å². The molecule has 0 bridgehead atoms. The van der Waals surface area contributed by atoms with Crippen LogP contribution in [0, 0.1) is 0 Å². The predicted molar refractivity (Wildman–Crippen MR) is 95.9 cm³/mol. The van der Waals surface area contributed by atoms with Crippen molar-refractivity contribution < 1.29 is 19.4 Å². The summed E-state index contributed by atoms with van der Waals surface area (Å²) in [5, 5.41) is 12.1. The molecule has 2 rings (SSSR count). The van der Waals surface area contributed by atoms with E-state index in [2.05, 4.69) is 5.32 Å². The quantitative estimate of drug-likeness (QED) is 0.773. The molecule has 0 saturated carbocycles. The summed E-state index contributed by atoms with van der Waals surface area (Å²) in [7, 11) is 1.60. The summed E-state index contributed by atoms with van der Waals surface area (Å²) in [5.41, 5.74) is 1.63. The third kappa shape index (κ3) is 5.08. The van der Waals surface area contributed by atoms with Gasteiger partial charge in [-0.1, -0.05) is 55.5 Å². The number of aliphatic carboxylic acids is 1. The van der Waals surface area contributed by atoms with Crippen molar-refractivity contribution in [1.29, 1.82) is 0 Å². The second-order valence-corrected chi connectivity index (χ2v) is 5.95. The fraction of sp³-hybridized carbons (Fsp3) is 0.300. The lowest BCUT2D eigenvalue weighted by atomic mass is 9.96. The van der Waals surface area contributed by atoms with Gasteiger partial charge >= 0.3 is 5.97 Å². The summed E-state index contributed by atoms with van der Waals surface area (Å²) in [6.45, 7) is 2.01. The SMILES string of the molecule is COc1ccccc1C(C)CC(=O)NCC(C(=O)O)c1ccccc1. The third-order valence-electron chi connectivity index (χ3n) is 4.16. The Morgan fingerprint density at radius 3 is 2.36 bits per heavy atom. The summed E-state index contributed by atoms with van der Waals surface area (Å²) in [6.07, 6.45) is 0.265.